The van der Waals surface area contributed by atoms with Crippen LogP contribution in [0.2, 0.25) is 0 Å². The molecule has 0 atom stereocenters. The second kappa shape index (κ2) is 13.1. The summed E-state index contributed by atoms with van der Waals surface area (Å²) in [7, 11) is 0. The van der Waals surface area contributed by atoms with Crippen LogP contribution in [0.15, 0.2) is 109 Å². The first kappa shape index (κ1) is 31.5. The summed E-state index contributed by atoms with van der Waals surface area (Å²) in [4.78, 5) is 0. The molecule has 4 heterocycles. The van der Waals surface area contributed by atoms with E-state index in [4.69, 9.17) is 0 Å². The van der Waals surface area contributed by atoms with Crippen molar-refractivity contribution in [3.05, 3.63) is 132 Å². The zero-order chi connectivity index (χ0) is 32.3. The van der Waals surface area contributed by atoms with Gasteiger partial charge in [0.15, 0.2) is 0 Å². The van der Waals surface area contributed by atoms with E-state index in [2.05, 4.69) is 12.1 Å². The van der Waals surface area contributed by atoms with Crippen molar-refractivity contribution >= 4 is 11.0 Å². The van der Waals surface area contributed by atoms with Gasteiger partial charge in [0.1, 0.15) is 0 Å². The van der Waals surface area contributed by atoms with Crippen molar-refractivity contribution < 1.29 is 26.3 Å². The van der Waals surface area contributed by atoms with Gasteiger partial charge in [0.2, 0.25) is 0 Å². The zero-order valence-electron chi connectivity index (χ0n) is 25.2. The molecular weight excluding hydrogens is 598 g/mol. The van der Waals surface area contributed by atoms with Gasteiger partial charge in [0.25, 0.3) is 0 Å². The molecular formula is C38H34F6N2. The Hall–Kier alpha value is -4.46. The van der Waals surface area contributed by atoms with Crippen molar-refractivity contribution in [1.29, 1.82) is 0 Å². The normalized spacial score (nSPS) is 12.4. The van der Waals surface area contributed by atoms with Crippen molar-refractivity contribution in [3.8, 4) is 22.5 Å². The molecule has 0 saturated carbocycles. The van der Waals surface area contributed by atoms with Crippen LogP contribution in [0.4, 0.5) is 26.3 Å². The number of aryl methyl sites for hydroxylation is 2. The molecule has 238 valence electrons. The quantitative estimate of drug-likeness (QED) is 0.0993. The number of hydrogen-bond donors (Lipinski definition) is 0. The Morgan fingerprint density at radius 1 is 0.435 bits per heavy atom. The van der Waals surface area contributed by atoms with Gasteiger partial charge in [-0.05, 0) is 109 Å². The predicted molar refractivity (Wildman–Crippen MR) is 171 cm³/mol. The van der Waals surface area contributed by atoms with Gasteiger partial charge < -0.3 is 8.80 Å². The lowest BCUT2D eigenvalue weighted by Crippen LogP contribution is -2.04. The van der Waals surface area contributed by atoms with E-state index in [1.165, 1.54) is 35.4 Å². The van der Waals surface area contributed by atoms with Gasteiger partial charge in [-0.25, -0.2) is 0 Å². The average molecular weight is 633 g/mol. The summed E-state index contributed by atoms with van der Waals surface area (Å²) in [5.41, 5.74) is 5.66. The molecule has 0 bridgehead atoms. The molecule has 0 aliphatic carbocycles. The lowest BCUT2D eigenvalue weighted by molar-refractivity contribution is -0.138. The second-order valence-corrected chi connectivity index (χ2v) is 11.8. The van der Waals surface area contributed by atoms with Crippen molar-refractivity contribution in [2.24, 2.45) is 0 Å². The minimum atomic E-state index is -4.38. The Morgan fingerprint density at radius 2 is 0.826 bits per heavy atom. The Balaban J connectivity index is 0.989. The van der Waals surface area contributed by atoms with Gasteiger partial charge in [-0.3, -0.25) is 0 Å². The Bertz CT molecular complexity index is 1800. The van der Waals surface area contributed by atoms with Gasteiger partial charge in [0, 0.05) is 23.4 Å². The van der Waals surface area contributed by atoms with E-state index in [1.54, 1.807) is 12.1 Å². The molecule has 0 fully saturated rings. The zero-order valence-corrected chi connectivity index (χ0v) is 25.2. The highest BCUT2D eigenvalue weighted by Gasteiger charge is 2.31. The first-order valence-electron chi connectivity index (χ1n) is 15.6. The molecule has 0 N–H and O–H groups in total. The Kier molecular flexibility index (Phi) is 8.98. The minimum Gasteiger partial charge on any atom is -0.316 e. The molecule has 8 heteroatoms. The van der Waals surface area contributed by atoms with E-state index < -0.39 is 23.5 Å². The highest BCUT2D eigenvalue weighted by Crippen LogP contribution is 2.34. The van der Waals surface area contributed by atoms with Gasteiger partial charge in [-0.2, -0.15) is 26.3 Å². The smallest absolute Gasteiger partial charge is 0.316 e. The van der Waals surface area contributed by atoms with Crippen LogP contribution in [0.1, 0.15) is 60.8 Å². The largest absolute Gasteiger partial charge is 0.416 e. The highest BCUT2D eigenvalue weighted by atomic mass is 19.4. The molecule has 0 radical (unpaired) electrons. The van der Waals surface area contributed by atoms with E-state index in [9.17, 15) is 26.3 Å². The van der Waals surface area contributed by atoms with Crippen molar-refractivity contribution in [2.75, 3.05) is 0 Å². The Labute approximate surface area is 263 Å². The lowest BCUT2D eigenvalue weighted by atomic mass is 10.0. The number of hydrogen-bond acceptors (Lipinski definition) is 0. The molecule has 0 aliphatic rings. The third-order valence-electron chi connectivity index (χ3n) is 8.68. The van der Waals surface area contributed by atoms with Gasteiger partial charge >= 0.3 is 12.4 Å². The molecule has 0 spiro atoms. The summed E-state index contributed by atoms with van der Waals surface area (Å²) in [6, 6.07) is 26.5. The maximum atomic E-state index is 13.3. The summed E-state index contributed by atoms with van der Waals surface area (Å²) in [6.45, 7) is 0. The minimum absolute atomic E-state index is 0.534. The van der Waals surface area contributed by atoms with E-state index >= 15 is 0 Å². The third-order valence-corrected chi connectivity index (χ3v) is 8.68. The fourth-order valence-corrected chi connectivity index (χ4v) is 6.33. The third kappa shape index (κ3) is 6.86. The van der Waals surface area contributed by atoms with Crippen LogP contribution >= 0.6 is 0 Å². The number of aromatic nitrogens is 2. The highest BCUT2D eigenvalue weighted by molar-refractivity contribution is 5.69. The summed E-state index contributed by atoms with van der Waals surface area (Å²) in [6.07, 6.45) is 3.45. The molecule has 0 saturated heterocycles. The SMILES string of the molecule is FC(F)(F)c1cccc(-c2cccc3c(CCCCCCCCc4ccn5c(-c6cccc(C(F)(F)F)c6)cccc45)ccn23)c1. The monoisotopic (exact) mass is 632 g/mol. The topological polar surface area (TPSA) is 8.82 Å². The fourth-order valence-electron chi connectivity index (χ4n) is 6.33. The van der Waals surface area contributed by atoms with Crippen molar-refractivity contribution in [3.63, 3.8) is 0 Å². The van der Waals surface area contributed by atoms with Gasteiger partial charge in [-0.15, -0.1) is 0 Å². The number of pyridine rings is 2. The van der Waals surface area contributed by atoms with Crippen molar-refractivity contribution in [2.45, 2.75) is 63.7 Å². The van der Waals surface area contributed by atoms with Crippen LogP contribution in [-0.2, 0) is 25.2 Å². The first-order chi connectivity index (χ1) is 22.1. The number of unbranched alkanes of at least 4 members (excludes halogenated alkanes) is 5. The molecule has 0 amide bonds. The van der Waals surface area contributed by atoms with E-state index in [-0.39, 0.29) is 0 Å². The Morgan fingerprint density at radius 3 is 1.24 bits per heavy atom. The van der Waals surface area contributed by atoms with Gasteiger partial charge in [0.05, 0.1) is 22.5 Å². The van der Waals surface area contributed by atoms with Crippen LogP contribution in [-0.4, -0.2) is 8.80 Å². The molecule has 6 aromatic rings. The fraction of sp³-hybridized carbons (Fsp3) is 0.263. The molecule has 6 rings (SSSR count). The number of fused-ring (bicyclic) bond motifs is 2. The molecule has 2 nitrogen and oxygen atoms in total. The molecule has 2 aromatic carbocycles. The first-order valence-corrected chi connectivity index (χ1v) is 15.6. The summed E-state index contributed by atoms with van der Waals surface area (Å²) in [5, 5.41) is 0. The number of benzene rings is 2. The summed E-state index contributed by atoms with van der Waals surface area (Å²) < 4.78 is 83.5. The maximum Gasteiger partial charge on any atom is 0.416 e. The van der Waals surface area contributed by atoms with Crippen LogP contribution in [0.25, 0.3) is 33.5 Å². The molecule has 4 aromatic heterocycles. The van der Waals surface area contributed by atoms with Gasteiger partial charge in [-0.1, -0.05) is 62.1 Å². The van der Waals surface area contributed by atoms with Crippen LogP contribution < -0.4 is 0 Å². The van der Waals surface area contributed by atoms with Crippen LogP contribution in [0.3, 0.4) is 0 Å². The number of alkyl halides is 6. The molecule has 0 unspecified atom stereocenters. The molecule has 0 aliphatic heterocycles. The van der Waals surface area contributed by atoms with E-state index in [0.717, 1.165) is 85.9 Å². The number of rotatable bonds is 11. The summed E-state index contributed by atoms with van der Waals surface area (Å²) >= 11 is 0. The van der Waals surface area contributed by atoms with Crippen LogP contribution in [0.5, 0.6) is 0 Å². The van der Waals surface area contributed by atoms with Crippen LogP contribution in [0, 0.1) is 0 Å². The standard InChI is InChI=1S/C38H34F6N2/c39-37(40,41)31-15-7-13-29(25-31)35-19-9-17-33-27(21-23-45(33)35)11-5-3-1-2-4-6-12-28-22-24-46-34(28)18-10-20-36(46)30-14-8-16-32(26-30)38(42,43)44/h7-10,13-26H,1-6,11-12H2. The summed E-state index contributed by atoms with van der Waals surface area (Å²) in [5.74, 6) is 0. The second-order valence-electron chi connectivity index (χ2n) is 11.8. The molecule has 46 heavy (non-hydrogen) atoms. The number of nitrogens with zero attached hydrogens (tertiary/aromatic N) is 2. The average Bonchev–Trinajstić information content (AvgIpc) is 3.66. The van der Waals surface area contributed by atoms with E-state index in [0.29, 0.717) is 11.1 Å². The van der Waals surface area contributed by atoms with Crippen molar-refractivity contribution in [1.82, 2.24) is 8.80 Å². The predicted octanol–water partition coefficient (Wildman–Crippen LogP) is 11.7. The maximum absolute atomic E-state index is 13.3. The lowest BCUT2D eigenvalue weighted by Gasteiger charge is -2.11. The number of halogens is 6. The van der Waals surface area contributed by atoms with E-state index in [1.807, 2.05) is 57.6 Å².